The van der Waals surface area contributed by atoms with Crippen molar-refractivity contribution in [2.24, 2.45) is 0 Å². The van der Waals surface area contributed by atoms with Crippen LogP contribution < -0.4 is 0 Å². The van der Waals surface area contributed by atoms with Crippen molar-refractivity contribution < 1.29 is 4.39 Å². The fraction of sp³-hybridized carbons (Fsp3) is 0. The van der Waals surface area contributed by atoms with E-state index in [0.29, 0.717) is 16.3 Å². The molecule has 0 bridgehead atoms. The van der Waals surface area contributed by atoms with E-state index in [1.807, 2.05) is 6.07 Å². The van der Waals surface area contributed by atoms with Gasteiger partial charge >= 0.3 is 0 Å². The summed E-state index contributed by atoms with van der Waals surface area (Å²) in [5.41, 5.74) is 1.81. The van der Waals surface area contributed by atoms with E-state index >= 15 is 0 Å². The number of nitrogens with one attached hydrogen (secondary N) is 1. The lowest BCUT2D eigenvalue weighted by Gasteiger charge is -1.96. The van der Waals surface area contributed by atoms with Crippen LogP contribution in [0.3, 0.4) is 0 Å². The number of halogens is 2. The Balaban J connectivity index is 2.02. The summed E-state index contributed by atoms with van der Waals surface area (Å²) in [5.74, 6) is 5.32. The highest BCUT2D eigenvalue weighted by Crippen LogP contribution is 2.24. The van der Waals surface area contributed by atoms with Crippen molar-refractivity contribution in [3.05, 3.63) is 58.9 Å². The highest BCUT2D eigenvalue weighted by Gasteiger charge is 2.05. The van der Waals surface area contributed by atoms with Crippen molar-refractivity contribution in [3.63, 3.8) is 0 Å². The fourth-order valence-electron chi connectivity index (χ4n) is 1.64. The lowest BCUT2D eigenvalue weighted by molar-refractivity contribution is 0.621. The van der Waals surface area contributed by atoms with Crippen LogP contribution in [0, 0.1) is 17.7 Å². The average Bonchev–Trinajstić information content (AvgIpc) is 2.89. The van der Waals surface area contributed by atoms with Crippen LogP contribution in [-0.2, 0) is 0 Å². The Hall–Kier alpha value is -2.38. The molecule has 0 saturated heterocycles. The predicted octanol–water partition coefficient (Wildman–Crippen LogP) is 3.15. The fourth-order valence-corrected chi connectivity index (χ4v) is 1.89. The molecular weight excluding hydrogens is 265 g/mol. The van der Waals surface area contributed by atoms with Crippen molar-refractivity contribution in [1.29, 1.82) is 0 Å². The van der Waals surface area contributed by atoms with Crippen LogP contribution in [0.1, 0.15) is 11.3 Å². The van der Waals surface area contributed by atoms with Gasteiger partial charge in [-0.1, -0.05) is 17.5 Å². The van der Waals surface area contributed by atoms with Gasteiger partial charge in [0.25, 0.3) is 0 Å². The molecule has 0 atom stereocenters. The SMILES string of the molecule is Fc1ccc(C#Cc2cnc3[nH]ccc3c2Cl)nc1. The van der Waals surface area contributed by atoms with E-state index in [1.165, 1.54) is 12.1 Å². The molecule has 3 aromatic heterocycles. The average molecular weight is 272 g/mol. The van der Waals surface area contributed by atoms with Crippen LogP contribution in [0.5, 0.6) is 0 Å². The summed E-state index contributed by atoms with van der Waals surface area (Å²) in [5, 5.41) is 1.36. The van der Waals surface area contributed by atoms with Gasteiger partial charge in [0, 0.05) is 17.8 Å². The van der Waals surface area contributed by atoms with Crippen molar-refractivity contribution in [3.8, 4) is 11.8 Å². The number of fused-ring (bicyclic) bond motifs is 1. The molecule has 0 radical (unpaired) electrons. The lowest BCUT2D eigenvalue weighted by Crippen LogP contribution is -1.85. The number of H-pyrrole nitrogens is 1. The molecule has 0 aliphatic heterocycles. The molecule has 3 aromatic rings. The van der Waals surface area contributed by atoms with Gasteiger partial charge in [0.15, 0.2) is 0 Å². The third-order valence-corrected chi connectivity index (χ3v) is 2.98. The van der Waals surface area contributed by atoms with Gasteiger partial charge in [-0.3, -0.25) is 0 Å². The molecule has 0 aromatic carbocycles. The third kappa shape index (κ3) is 2.28. The Morgan fingerprint density at radius 1 is 1.11 bits per heavy atom. The van der Waals surface area contributed by atoms with E-state index in [2.05, 4.69) is 26.8 Å². The second kappa shape index (κ2) is 4.71. The van der Waals surface area contributed by atoms with Crippen LogP contribution in [0.2, 0.25) is 5.02 Å². The van der Waals surface area contributed by atoms with Gasteiger partial charge in [-0.2, -0.15) is 0 Å². The van der Waals surface area contributed by atoms with Crippen LogP contribution >= 0.6 is 11.6 Å². The molecule has 92 valence electrons. The number of aromatic amines is 1. The van der Waals surface area contributed by atoms with Crippen molar-refractivity contribution in [1.82, 2.24) is 15.0 Å². The minimum absolute atomic E-state index is 0.390. The summed E-state index contributed by atoms with van der Waals surface area (Å²) in [7, 11) is 0. The minimum Gasteiger partial charge on any atom is -0.346 e. The molecule has 0 amide bonds. The first-order chi connectivity index (χ1) is 9.24. The molecule has 0 unspecified atom stereocenters. The number of hydrogen-bond donors (Lipinski definition) is 1. The Bertz CT molecular complexity index is 797. The number of nitrogens with zero attached hydrogens (tertiary/aromatic N) is 2. The van der Waals surface area contributed by atoms with E-state index in [9.17, 15) is 4.39 Å². The summed E-state index contributed by atoms with van der Waals surface area (Å²) in [6.07, 6.45) is 4.49. The van der Waals surface area contributed by atoms with Crippen LogP contribution in [-0.4, -0.2) is 15.0 Å². The highest BCUT2D eigenvalue weighted by atomic mass is 35.5. The van der Waals surface area contributed by atoms with Gasteiger partial charge in [-0.15, -0.1) is 0 Å². The highest BCUT2D eigenvalue weighted by molar-refractivity contribution is 6.36. The molecular formula is C14H7ClFN3. The molecule has 0 aliphatic carbocycles. The minimum atomic E-state index is -0.390. The Kier molecular flexibility index (Phi) is 2.90. The van der Waals surface area contributed by atoms with Gasteiger partial charge in [0.1, 0.15) is 17.2 Å². The number of pyridine rings is 2. The van der Waals surface area contributed by atoms with Gasteiger partial charge in [0.05, 0.1) is 16.8 Å². The van der Waals surface area contributed by atoms with E-state index in [-0.39, 0.29) is 5.82 Å². The van der Waals surface area contributed by atoms with Gasteiger partial charge in [0.2, 0.25) is 0 Å². The zero-order valence-electron chi connectivity index (χ0n) is 9.61. The Morgan fingerprint density at radius 2 is 2.00 bits per heavy atom. The Labute approximate surface area is 113 Å². The van der Waals surface area contributed by atoms with Crippen LogP contribution in [0.15, 0.2) is 36.8 Å². The third-order valence-electron chi connectivity index (χ3n) is 2.57. The largest absolute Gasteiger partial charge is 0.346 e. The van der Waals surface area contributed by atoms with Gasteiger partial charge in [-0.05, 0) is 24.1 Å². The molecule has 0 aliphatic rings. The molecule has 19 heavy (non-hydrogen) atoms. The maximum atomic E-state index is 12.7. The summed E-state index contributed by atoms with van der Waals surface area (Å²) < 4.78 is 12.7. The van der Waals surface area contributed by atoms with Crippen molar-refractivity contribution in [2.45, 2.75) is 0 Å². The van der Waals surface area contributed by atoms with E-state index < -0.39 is 0 Å². The first-order valence-corrected chi connectivity index (χ1v) is 5.87. The number of rotatable bonds is 0. The smallest absolute Gasteiger partial charge is 0.141 e. The van der Waals surface area contributed by atoms with Crippen LogP contribution in [0.25, 0.3) is 11.0 Å². The molecule has 0 fully saturated rings. The summed E-state index contributed by atoms with van der Waals surface area (Å²) in [6.45, 7) is 0. The van der Waals surface area contributed by atoms with Gasteiger partial charge in [-0.25, -0.2) is 14.4 Å². The second-order valence-electron chi connectivity index (χ2n) is 3.84. The topological polar surface area (TPSA) is 41.6 Å². The molecule has 5 heteroatoms. The van der Waals surface area contributed by atoms with Crippen molar-refractivity contribution >= 4 is 22.6 Å². The van der Waals surface area contributed by atoms with E-state index in [0.717, 1.165) is 17.2 Å². The predicted molar refractivity (Wildman–Crippen MR) is 71.3 cm³/mol. The monoisotopic (exact) mass is 271 g/mol. The van der Waals surface area contributed by atoms with Crippen LogP contribution in [0.4, 0.5) is 4.39 Å². The molecule has 0 saturated carbocycles. The van der Waals surface area contributed by atoms with Gasteiger partial charge < -0.3 is 4.98 Å². The zero-order valence-corrected chi connectivity index (χ0v) is 10.4. The molecule has 1 N–H and O–H groups in total. The van der Waals surface area contributed by atoms with E-state index in [1.54, 1.807) is 12.4 Å². The Morgan fingerprint density at radius 3 is 2.79 bits per heavy atom. The molecule has 3 heterocycles. The lowest BCUT2D eigenvalue weighted by atomic mass is 10.2. The molecule has 3 rings (SSSR count). The molecule has 3 nitrogen and oxygen atoms in total. The first-order valence-electron chi connectivity index (χ1n) is 5.49. The summed E-state index contributed by atoms with van der Waals surface area (Å²) in [4.78, 5) is 11.0. The summed E-state index contributed by atoms with van der Waals surface area (Å²) in [6, 6.07) is 4.66. The zero-order chi connectivity index (χ0) is 13.2. The molecule has 0 spiro atoms. The maximum absolute atomic E-state index is 12.7. The van der Waals surface area contributed by atoms with Crippen molar-refractivity contribution in [2.75, 3.05) is 0 Å². The maximum Gasteiger partial charge on any atom is 0.141 e. The van der Waals surface area contributed by atoms with E-state index in [4.69, 9.17) is 11.6 Å². The first kappa shape index (κ1) is 11.7. The standard InChI is InChI=1S/C14H7ClFN3/c15-13-9(7-19-14-12(13)5-6-17-14)1-3-11-4-2-10(16)8-18-11/h2,4-8H,(H,17,19). The summed E-state index contributed by atoms with van der Waals surface area (Å²) >= 11 is 6.23. The number of aromatic nitrogens is 3. The number of hydrogen-bond acceptors (Lipinski definition) is 2. The normalized spacial score (nSPS) is 10.2. The quantitative estimate of drug-likeness (QED) is 0.638. The second-order valence-corrected chi connectivity index (χ2v) is 4.22.